The maximum absolute atomic E-state index is 12.3. The molecule has 0 aromatic heterocycles. The number of carbonyl (C=O) groups excluding carboxylic acids is 1. The van der Waals surface area contributed by atoms with E-state index in [0.29, 0.717) is 17.7 Å². The molecule has 11 heteroatoms. The maximum Gasteiger partial charge on any atom is 0.471 e. The van der Waals surface area contributed by atoms with E-state index in [1.807, 2.05) is 6.92 Å². The van der Waals surface area contributed by atoms with Crippen LogP contribution in [0.3, 0.4) is 0 Å². The molecule has 8 nitrogen and oxygen atoms in total. The van der Waals surface area contributed by atoms with E-state index >= 15 is 0 Å². The van der Waals surface area contributed by atoms with E-state index in [-0.39, 0.29) is 23.8 Å². The number of rotatable bonds is 10. The summed E-state index contributed by atoms with van der Waals surface area (Å²) in [6.45, 7) is 1.18. The first kappa shape index (κ1) is 24.5. The van der Waals surface area contributed by atoms with E-state index in [1.54, 1.807) is 41.7 Å². The number of nitrogen functional groups attached to an aromatic ring is 1. The van der Waals surface area contributed by atoms with Gasteiger partial charge in [0, 0.05) is 16.8 Å². The third kappa shape index (κ3) is 6.62. The van der Waals surface area contributed by atoms with Crippen LogP contribution in [0.4, 0.5) is 18.9 Å². The molecule has 32 heavy (non-hydrogen) atoms. The van der Waals surface area contributed by atoms with Crippen molar-refractivity contribution >= 4 is 23.4 Å². The molecule has 0 aliphatic carbocycles. The highest BCUT2D eigenvalue weighted by Crippen LogP contribution is 2.30. The highest BCUT2D eigenvalue weighted by molar-refractivity contribution is 5.95. The molecule has 6 N–H and O–H groups in total. The van der Waals surface area contributed by atoms with Crippen LogP contribution >= 0.6 is 0 Å². The minimum atomic E-state index is -5.00. The second-order valence-corrected chi connectivity index (χ2v) is 6.73. The van der Waals surface area contributed by atoms with Gasteiger partial charge < -0.3 is 26.2 Å². The molecular weight excluding hydrogens is 429 g/mol. The van der Waals surface area contributed by atoms with Crippen LogP contribution < -0.4 is 21.1 Å². The maximum atomic E-state index is 12.3. The Balaban J connectivity index is 2.21. The Bertz CT molecular complexity index is 978. The number of carboxylic acids is 1. The van der Waals surface area contributed by atoms with E-state index in [4.69, 9.17) is 15.9 Å². The number of hydrogen-bond donors (Lipinski definition) is 5. The fourth-order valence-electron chi connectivity index (χ4n) is 2.79. The number of aliphatic carboxylic acids is 1. The zero-order chi connectivity index (χ0) is 23.9. The molecule has 0 radical (unpaired) electrons. The minimum Gasteiger partial charge on any atom is -0.491 e. The molecule has 2 aromatic carbocycles. The monoisotopic (exact) mass is 452 g/mol. The number of benzene rings is 2. The summed E-state index contributed by atoms with van der Waals surface area (Å²) in [7, 11) is 0. The van der Waals surface area contributed by atoms with Crippen molar-refractivity contribution in [1.29, 1.82) is 5.41 Å². The van der Waals surface area contributed by atoms with Crippen LogP contribution in [0.25, 0.3) is 0 Å². The number of amides is 1. The van der Waals surface area contributed by atoms with Crippen LogP contribution in [-0.4, -0.2) is 42.1 Å². The third-order valence-electron chi connectivity index (χ3n) is 4.45. The number of nitrogens with one attached hydrogen (secondary N) is 3. The normalized spacial score (nSPS) is 12.0. The number of anilines is 1. The number of amidine groups is 1. The summed E-state index contributed by atoms with van der Waals surface area (Å²) >= 11 is 0. The lowest BCUT2D eigenvalue weighted by Crippen LogP contribution is -2.38. The van der Waals surface area contributed by atoms with E-state index in [1.165, 1.54) is 6.07 Å². The van der Waals surface area contributed by atoms with Crippen LogP contribution in [0.2, 0.25) is 0 Å². The second kappa shape index (κ2) is 10.5. The fourth-order valence-corrected chi connectivity index (χ4v) is 2.79. The summed E-state index contributed by atoms with van der Waals surface area (Å²) in [5.74, 6) is -3.26. The average Bonchev–Trinajstić information content (AvgIpc) is 2.74. The van der Waals surface area contributed by atoms with Crippen molar-refractivity contribution in [3.63, 3.8) is 0 Å². The van der Waals surface area contributed by atoms with Crippen molar-refractivity contribution in [2.24, 2.45) is 5.73 Å². The lowest BCUT2D eigenvalue weighted by Gasteiger charge is -2.21. The summed E-state index contributed by atoms with van der Waals surface area (Å²) in [6.07, 6.45) is -4.38. The van der Waals surface area contributed by atoms with E-state index < -0.39 is 30.6 Å². The first-order valence-corrected chi connectivity index (χ1v) is 9.57. The quantitative estimate of drug-likeness (QED) is 0.214. The van der Waals surface area contributed by atoms with Gasteiger partial charge >= 0.3 is 18.1 Å². The van der Waals surface area contributed by atoms with Gasteiger partial charge in [0.25, 0.3) is 0 Å². The zero-order valence-electron chi connectivity index (χ0n) is 17.1. The molecule has 0 saturated carbocycles. The Morgan fingerprint density at radius 3 is 2.38 bits per heavy atom. The minimum absolute atomic E-state index is 0.129. The van der Waals surface area contributed by atoms with Gasteiger partial charge in [0.1, 0.15) is 18.2 Å². The van der Waals surface area contributed by atoms with Crippen molar-refractivity contribution in [2.75, 3.05) is 18.5 Å². The van der Waals surface area contributed by atoms with Gasteiger partial charge in [-0.05, 0) is 48.4 Å². The molecule has 0 aliphatic rings. The van der Waals surface area contributed by atoms with Gasteiger partial charge in [-0.25, -0.2) is 4.79 Å². The van der Waals surface area contributed by atoms with Crippen molar-refractivity contribution in [3.05, 3.63) is 59.2 Å². The third-order valence-corrected chi connectivity index (χ3v) is 4.45. The van der Waals surface area contributed by atoms with Gasteiger partial charge in [0.05, 0.1) is 6.54 Å². The number of alkyl halides is 3. The SMILES string of the molecule is CCc1ccc(OCCNC(=O)C(F)(F)F)c(C(Nc2ccc(C(=N)N)cc2)C(=O)O)c1. The first-order chi connectivity index (χ1) is 15.0. The van der Waals surface area contributed by atoms with Crippen molar-refractivity contribution in [1.82, 2.24) is 5.32 Å². The molecular formula is C21H23F3N4O4. The first-order valence-electron chi connectivity index (χ1n) is 9.57. The molecule has 0 fully saturated rings. The predicted octanol–water partition coefficient (Wildman–Crippen LogP) is 2.83. The highest BCUT2D eigenvalue weighted by atomic mass is 19.4. The molecule has 1 atom stereocenters. The molecule has 0 heterocycles. The summed E-state index contributed by atoms with van der Waals surface area (Å²) < 4.78 is 42.3. The van der Waals surface area contributed by atoms with E-state index in [2.05, 4.69) is 5.32 Å². The largest absolute Gasteiger partial charge is 0.491 e. The Hall–Kier alpha value is -3.76. The van der Waals surface area contributed by atoms with Crippen LogP contribution in [0.5, 0.6) is 5.75 Å². The smallest absolute Gasteiger partial charge is 0.471 e. The molecule has 0 aliphatic heterocycles. The van der Waals surface area contributed by atoms with Gasteiger partial charge in [0.15, 0.2) is 6.04 Å². The number of aryl methyl sites for hydroxylation is 1. The molecule has 1 amide bonds. The zero-order valence-corrected chi connectivity index (χ0v) is 17.1. The van der Waals surface area contributed by atoms with Crippen LogP contribution in [-0.2, 0) is 16.0 Å². The number of carboxylic acid groups (broad SMARTS) is 1. The molecule has 1 unspecified atom stereocenters. The van der Waals surface area contributed by atoms with Gasteiger partial charge in [-0.2, -0.15) is 13.2 Å². The van der Waals surface area contributed by atoms with Crippen LogP contribution in [0.1, 0.15) is 29.7 Å². The van der Waals surface area contributed by atoms with Crippen molar-refractivity contribution < 1.29 is 32.6 Å². The van der Waals surface area contributed by atoms with Gasteiger partial charge in [-0.3, -0.25) is 10.2 Å². The average molecular weight is 452 g/mol. The van der Waals surface area contributed by atoms with Gasteiger partial charge in [-0.15, -0.1) is 0 Å². The predicted molar refractivity (Wildman–Crippen MR) is 112 cm³/mol. The van der Waals surface area contributed by atoms with Crippen molar-refractivity contribution in [2.45, 2.75) is 25.6 Å². The van der Waals surface area contributed by atoms with Crippen LogP contribution in [0.15, 0.2) is 42.5 Å². The molecule has 2 rings (SSSR count). The lowest BCUT2D eigenvalue weighted by molar-refractivity contribution is -0.173. The molecule has 0 bridgehead atoms. The molecule has 2 aromatic rings. The molecule has 0 saturated heterocycles. The second-order valence-electron chi connectivity index (χ2n) is 6.73. The lowest BCUT2D eigenvalue weighted by atomic mass is 10.0. The van der Waals surface area contributed by atoms with Gasteiger partial charge in [-0.1, -0.05) is 13.0 Å². The highest BCUT2D eigenvalue weighted by Gasteiger charge is 2.38. The Morgan fingerprint density at radius 1 is 1.19 bits per heavy atom. The Labute approximate surface area is 182 Å². The van der Waals surface area contributed by atoms with E-state index in [0.717, 1.165) is 5.56 Å². The fraction of sp³-hybridized carbons (Fsp3) is 0.286. The van der Waals surface area contributed by atoms with Gasteiger partial charge in [0.2, 0.25) is 0 Å². The molecule has 0 spiro atoms. The van der Waals surface area contributed by atoms with Crippen molar-refractivity contribution in [3.8, 4) is 5.75 Å². The summed E-state index contributed by atoms with van der Waals surface area (Å²) in [5, 5.41) is 21.8. The molecule has 172 valence electrons. The van der Waals surface area contributed by atoms with Crippen LogP contribution in [0, 0.1) is 5.41 Å². The number of halogens is 3. The topological polar surface area (TPSA) is 138 Å². The number of ether oxygens (including phenoxy) is 1. The van der Waals surface area contributed by atoms with E-state index in [9.17, 15) is 27.9 Å². The number of hydrogen-bond acceptors (Lipinski definition) is 5. The summed E-state index contributed by atoms with van der Waals surface area (Å²) in [5.41, 5.74) is 7.45. The summed E-state index contributed by atoms with van der Waals surface area (Å²) in [6, 6.07) is 9.93. The standard InChI is InChI=1S/C21H23F3N4O4/c1-2-12-3-8-16(32-10-9-27-20(31)21(22,23)24)15(11-12)17(19(29)30)28-14-6-4-13(5-7-14)18(25)26/h3-8,11,17,28H,2,9-10H2,1H3,(H3,25,26)(H,27,31)(H,29,30). The Morgan fingerprint density at radius 2 is 1.84 bits per heavy atom. The number of carbonyl (C=O) groups is 2. The number of nitrogens with two attached hydrogens (primary N) is 1. The Kier molecular flexibility index (Phi) is 8.05. The summed E-state index contributed by atoms with van der Waals surface area (Å²) in [4.78, 5) is 22.9.